The van der Waals surface area contributed by atoms with Gasteiger partial charge in [0.05, 0.1) is 6.54 Å². The maximum absolute atomic E-state index is 4.85. The first-order valence-electron chi connectivity index (χ1n) is 9.45. The molecule has 7 nitrogen and oxygen atoms in total. The Balaban J connectivity index is 1.42. The molecule has 3 aromatic rings. The van der Waals surface area contributed by atoms with Gasteiger partial charge in [-0.2, -0.15) is 0 Å². The Hall–Kier alpha value is -3.09. The van der Waals surface area contributed by atoms with Crippen molar-refractivity contribution in [3.63, 3.8) is 0 Å². The smallest absolute Gasteiger partial charge is 0.225 e. The molecule has 0 aliphatic carbocycles. The molecule has 0 amide bonds. The van der Waals surface area contributed by atoms with E-state index in [4.69, 9.17) is 4.99 Å². The quantitative estimate of drug-likeness (QED) is 0.549. The summed E-state index contributed by atoms with van der Waals surface area (Å²) in [6.45, 7) is 7.17. The molecule has 0 atom stereocenters. The number of fused-ring (bicyclic) bond motifs is 1. The highest BCUT2D eigenvalue weighted by atomic mass is 15.4. The first kappa shape index (κ1) is 17.3. The number of rotatable bonds is 4. The highest BCUT2D eigenvalue weighted by Crippen LogP contribution is 2.15. The molecule has 1 fully saturated rings. The number of benzene rings is 1. The molecule has 1 aromatic carbocycles. The summed E-state index contributed by atoms with van der Waals surface area (Å²) >= 11 is 0. The molecule has 7 heteroatoms. The lowest BCUT2D eigenvalue weighted by Crippen LogP contribution is -2.53. The van der Waals surface area contributed by atoms with Crippen LogP contribution >= 0.6 is 0 Å². The van der Waals surface area contributed by atoms with Crippen molar-refractivity contribution >= 4 is 22.8 Å². The minimum absolute atomic E-state index is 0.638. The predicted octanol–water partition coefficient (Wildman–Crippen LogP) is 2.25. The van der Waals surface area contributed by atoms with Crippen molar-refractivity contribution in [2.75, 3.05) is 37.6 Å². The SMILES string of the molecule is CCNC(=NCc1cc2ccccc2[nH]1)N1CCN(c2ncccn2)CC1. The fraction of sp³-hybridized carbons (Fsp3) is 0.350. The van der Waals surface area contributed by atoms with Crippen LogP contribution in [-0.2, 0) is 6.54 Å². The molecule has 140 valence electrons. The molecule has 1 aliphatic heterocycles. The van der Waals surface area contributed by atoms with Crippen LogP contribution < -0.4 is 10.2 Å². The first-order valence-corrected chi connectivity index (χ1v) is 9.45. The van der Waals surface area contributed by atoms with E-state index in [1.165, 1.54) is 5.39 Å². The van der Waals surface area contributed by atoms with E-state index in [1.807, 2.05) is 12.1 Å². The van der Waals surface area contributed by atoms with Crippen LogP contribution in [0.3, 0.4) is 0 Å². The maximum Gasteiger partial charge on any atom is 0.225 e. The lowest BCUT2D eigenvalue weighted by molar-refractivity contribution is 0.370. The van der Waals surface area contributed by atoms with Gasteiger partial charge in [-0.15, -0.1) is 0 Å². The average Bonchev–Trinajstić information content (AvgIpc) is 3.15. The summed E-state index contributed by atoms with van der Waals surface area (Å²) in [5.41, 5.74) is 2.28. The molecule has 2 N–H and O–H groups in total. The molecule has 2 aromatic heterocycles. The minimum atomic E-state index is 0.638. The van der Waals surface area contributed by atoms with Gasteiger partial charge < -0.3 is 20.1 Å². The molecule has 1 aliphatic rings. The van der Waals surface area contributed by atoms with Gasteiger partial charge in [-0.1, -0.05) is 18.2 Å². The number of nitrogens with one attached hydrogen (secondary N) is 2. The van der Waals surface area contributed by atoms with Crippen LogP contribution in [0.25, 0.3) is 10.9 Å². The monoisotopic (exact) mass is 363 g/mol. The van der Waals surface area contributed by atoms with Gasteiger partial charge in [0.1, 0.15) is 0 Å². The average molecular weight is 363 g/mol. The van der Waals surface area contributed by atoms with Gasteiger partial charge in [0.2, 0.25) is 5.95 Å². The highest BCUT2D eigenvalue weighted by molar-refractivity contribution is 5.81. The number of para-hydroxylation sites is 1. The molecule has 0 radical (unpaired) electrons. The zero-order chi connectivity index (χ0) is 18.5. The van der Waals surface area contributed by atoms with E-state index in [0.717, 1.165) is 55.8 Å². The van der Waals surface area contributed by atoms with Gasteiger partial charge in [0.25, 0.3) is 0 Å². The molecule has 0 bridgehead atoms. The molecule has 1 saturated heterocycles. The van der Waals surface area contributed by atoms with Gasteiger partial charge >= 0.3 is 0 Å². The normalized spacial score (nSPS) is 15.4. The van der Waals surface area contributed by atoms with Crippen molar-refractivity contribution in [3.05, 3.63) is 54.5 Å². The summed E-state index contributed by atoms with van der Waals surface area (Å²) in [6, 6.07) is 12.3. The van der Waals surface area contributed by atoms with E-state index in [-0.39, 0.29) is 0 Å². The molecule has 0 unspecified atom stereocenters. The van der Waals surface area contributed by atoms with Crippen molar-refractivity contribution in [3.8, 4) is 0 Å². The number of aromatic amines is 1. The van der Waals surface area contributed by atoms with Crippen molar-refractivity contribution in [1.29, 1.82) is 0 Å². The van der Waals surface area contributed by atoms with Crippen LogP contribution in [-0.4, -0.2) is 58.5 Å². The van der Waals surface area contributed by atoms with Crippen molar-refractivity contribution in [2.45, 2.75) is 13.5 Å². The maximum atomic E-state index is 4.85. The lowest BCUT2D eigenvalue weighted by Gasteiger charge is -2.36. The second kappa shape index (κ2) is 8.07. The molecule has 0 spiro atoms. The number of hydrogen-bond donors (Lipinski definition) is 2. The third-order valence-electron chi connectivity index (χ3n) is 4.73. The molecule has 0 saturated carbocycles. The standard InChI is InChI=1S/C20H25N7/c1-2-21-19(24-15-17-14-16-6-3-4-7-18(16)25-17)26-10-12-27(13-11-26)20-22-8-5-9-23-20/h3-9,14,25H,2,10-13,15H2,1H3,(H,21,24). The number of H-pyrrole nitrogens is 1. The summed E-state index contributed by atoms with van der Waals surface area (Å²) in [6.07, 6.45) is 3.58. The predicted molar refractivity (Wildman–Crippen MR) is 109 cm³/mol. The summed E-state index contributed by atoms with van der Waals surface area (Å²) in [5, 5.41) is 4.65. The van der Waals surface area contributed by atoms with Crippen LogP contribution in [0, 0.1) is 0 Å². The molecule has 3 heterocycles. The first-order chi connectivity index (χ1) is 13.3. The second-order valence-electron chi connectivity index (χ2n) is 6.57. The van der Waals surface area contributed by atoms with Crippen LogP contribution in [0.5, 0.6) is 0 Å². The van der Waals surface area contributed by atoms with E-state index in [1.54, 1.807) is 12.4 Å². The third-order valence-corrected chi connectivity index (χ3v) is 4.73. The Bertz CT molecular complexity index is 862. The summed E-state index contributed by atoms with van der Waals surface area (Å²) in [7, 11) is 0. The number of aliphatic imine (C=N–C) groups is 1. The highest BCUT2D eigenvalue weighted by Gasteiger charge is 2.21. The van der Waals surface area contributed by atoms with Crippen LogP contribution in [0.4, 0.5) is 5.95 Å². The minimum Gasteiger partial charge on any atom is -0.357 e. The number of nitrogens with zero attached hydrogens (tertiary/aromatic N) is 5. The summed E-state index contributed by atoms with van der Waals surface area (Å²) < 4.78 is 0. The zero-order valence-electron chi connectivity index (χ0n) is 15.6. The van der Waals surface area contributed by atoms with Crippen molar-refractivity contribution in [1.82, 2.24) is 25.2 Å². The van der Waals surface area contributed by atoms with Crippen molar-refractivity contribution < 1.29 is 0 Å². The number of aromatic nitrogens is 3. The van der Waals surface area contributed by atoms with Gasteiger partial charge in [-0.3, -0.25) is 0 Å². The Labute approximate surface area is 159 Å². The molecule has 4 rings (SSSR count). The van der Waals surface area contributed by atoms with E-state index in [0.29, 0.717) is 6.54 Å². The Morgan fingerprint density at radius 3 is 2.63 bits per heavy atom. The summed E-state index contributed by atoms with van der Waals surface area (Å²) in [5.74, 6) is 1.77. The fourth-order valence-corrected chi connectivity index (χ4v) is 3.38. The molecular formula is C20H25N7. The number of anilines is 1. The van der Waals surface area contributed by atoms with Crippen LogP contribution in [0.1, 0.15) is 12.6 Å². The second-order valence-corrected chi connectivity index (χ2v) is 6.57. The Morgan fingerprint density at radius 2 is 1.89 bits per heavy atom. The van der Waals surface area contributed by atoms with Crippen molar-refractivity contribution in [2.24, 2.45) is 4.99 Å². The third kappa shape index (κ3) is 4.02. The topological polar surface area (TPSA) is 72.4 Å². The van der Waals surface area contributed by atoms with Crippen LogP contribution in [0.15, 0.2) is 53.8 Å². The largest absolute Gasteiger partial charge is 0.357 e. The van der Waals surface area contributed by atoms with E-state index in [9.17, 15) is 0 Å². The number of hydrogen-bond acceptors (Lipinski definition) is 4. The van der Waals surface area contributed by atoms with E-state index < -0.39 is 0 Å². The van der Waals surface area contributed by atoms with E-state index in [2.05, 4.69) is 61.3 Å². The number of piperazine rings is 1. The lowest BCUT2D eigenvalue weighted by atomic mass is 10.2. The van der Waals surface area contributed by atoms with Crippen LogP contribution in [0.2, 0.25) is 0 Å². The fourth-order valence-electron chi connectivity index (χ4n) is 3.38. The molecule has 27 heavy (non-hydrogen) atoms. The Morgan fingerprint density at radius 1 is 1.11 bits per heavy atom. The van der Waals surface area contributed by atoms with Gasteiger partial charge in [-0.25, -0.2) is 15.0 Å². The Kier molecular flexibility index (Phi) is 5.18. The van der Waals surface area contributed by atoms with Gasteiger partial charge in [-0.05, 0) is 30.5 Å². The summed E-state index contributed by atoms with van der Waals surface area (Å²) in [4.78, 5) is 21.5. The molecular weight excluding hydrogens is 338 g/mol. The van der Waals surface area contributed by atoms with E-state index >= 15 is 0 Å². The zero-order valence-corrected chi connectivity index (χ0v) is 15.6. The van der Waals surface area contributed by atoms with Gasteiger partial charge in [0, 0.05) is 56.3 Å². The van der Waals surface area contributed by atoms with Gasteiger partial charge in [0.15, 0.2) is 5.96 Å². The number of guanidine groups is 1.